The van der Waals surface area contributed by atoms with Crippen LogP contribution in [0.3, 0.4) is 0 Å². The summed E-state index contributed by atoms with van der Waals surface area (Å²) < 4.78 is 0. The summed E-state index contributed by atoms with van der Waals surface area (Å²) in [6.45, 7) is 16.2. The molecule has 2 N–H and O–H groups in total. The van der Waals surface area contributed by atoms with Crippen LogP contribution in [-0.4, -0.2) is 29.6 Å². The lowest BCUT2D eigenvalue weighted by Gasteiger charge is -2.51. The second-order valence-electron chi connectivity index (χ2n) is 7.83. The van der Waals surface area contributed by atoms with Crippen molar-refractivity contribution in [2.24, 2.45) is 17.1 Å². The third-order valence-electron chi connectivity index (χ3n) is 6.01. The molecule has 0 heterocycles. The smallest absolute Gasteiger partial charge is 0.0334 e. The van der Waals surface area contributed by atoms with Gasteiger partial charge in [0.15, 0.2) is 0 Å². The Morgan fingerprint density at radius 3 is 2.10 bits per heavy atom. The Morgan fingerprint density at radius 1 is 1.20 bits per heavy atom. The van der Waals surface area contributed by atoms with Crippen LogP contribution in [0.25, 0.3) is 0 Å². The van der Waals surface area contributed by atoms with Crippen molar-refractivity contribution >= 4 is 0 Å². The highest BCUT2D eigenvalue weighted by Crippen LogP contribution is 2.45. The van der Waals surface area contributed by atoms with E-state index in [4.69, 9.17) is 5.73 Å². The fraction of sp³-hybridized carbons (Fsp3) is 1.00. The summed E-state index contributed by atoms with van der Waals surface area (Å²) in [7, 11) is 0. The van der Waals surface area contributed by atoms with Crippen LogP contribution >= 0.6 is 0 Å². The molecule has 0 atom stereocenters. The molecule has 1 aliphatic rings. The first-order valence-electron chi connectivity index (χ1n) is 8.79. The highest BCUT2D eigenvalue weighted by Gasteiger charge is 2.42. The molecular formula is C18H38N2. The van der Waals surface area contributed by atoms with E-state index in [1.54, 1.807) is 0 Å². The number of hydrogen-bond acceptors (Lipinski definition) is 2. The molecule has 1 aliphatic carbocycles. The molecule has 0 amide bonds. The van der Waals surface area contributed by atoms with E-state index in [-0.39, 0.29) is 5.54 Å². The molecule has 0 aromatic rings. The number of nitrogens with two attached hydrogens (primary N) is 1. The van der Waals surface area contributed by atoms with Crippen molar-refractivity contribution in [3.05, 3.63) is 0 Å². The molecule has 2 heteroatoms. The van der Waals surface area contributed by atoms with Gasteiger partial charge in [0, 0.05) is 18.1 Å². The van der Waals surface area contributed by atoms with E-state index in [0.29, 0.717) is 11.5 Å². The van der Waals surface area contributed by atoms with Crippen LogP contribution in [0.1, 0.15) is 80.1 Å². The van der Waals surface area contributed by atoms with Crippen LogP contribution < -0.4 is 5.73 Å². The molecule has 1 saturated carbocycles. The number of hydrogen-bond donors (Lipinski definition) is 1. The Morgan fingerprint density at radius 2 is 1.75 bits per heavy atom. The summed E-state index contributed by atoms with van der Waals surface area (Å²) >= 11 is 0. The number of nitrogens with zero attached hydrogens (tertiary/aromatic N) is 1. The van der Waals surface area contributed by atoms with Gasteiger partial charge in [0.1, 0.15) is 0 Å². The molecule has 0 unspecified atom stereocenters. The molecule has 1 fully saturated rings. The van der Waals surface area contributed by atoms with Gasteiger partial charge < -0.3 is 5.73 Å². The fourth-order valence-electron chi connectivity index (χ4n) is 4.12. The molecular weight excluding hydrogens is 244 g/mol. The zero-order valence-electron chi connectivity index (χ0n) is 14.8. The fourth-order valence-corrected chi connectivity index (χ4v) is 4.12. The minimum absolute atomic E-state index is 0.268. The molecule has 0 aromatic heterocycles. The lowest BCUT2D eigenvalue weighted by atomic mass is 9.65. The van der Waals surface area contributed by atoms with E-state index in [9.17, 15) is 0 Å². The molecule has 0 saturated heterocycles. The maximum Gasteiger partial charge on any atom is 0.0334 e. The largest absolute Gasteiger partial charge is 0.329 e. The Labute approximate surface area is 127 Å². The highest BCUT2D eigenvalue weighted by molar-refractivity contribution is 4.98. The van der Waals surface area contributed by atoms with E-state index in [0.717, 1.165) is 12.5 Å². The van der Waals surface area contributed by atoms with E-state index in [1.165, 1.54) is 45.1 Å². The van der Waals surface area contributed by atoms with E-state index in [1.807, 2.05) is 0 Å². The van der Waals surface area contributed by atoms with Crippen molar-refractivity contribution in [2.75, 3.05) is 13.1 Å². The molecule has 0 spiro atoms. The second-order valence-corrected chi connectivity index (χ2v) is 7.83. The van der Waals surface area contributed by atoms with Gasteiger partial charge in [0.05, 0.1) is 0 Å². The predicted molar refractivity (Wildman–Crippen MR) is 89.9 cm³/mol. The monoisotopic (exact) mass is 282 g/mol. The summed E-state index contributed by atoms with van der Waals surface area (Å²) in [5.74, 6) is 0.878. The van der Waals surface area contributed by atoms with Crippen molar-refractivity contribution in [2.45, 2.75) is 91.6 Å². The summed E-state index contributed by atoms with van der Waals surface area (Å²) in [6, 6.07) is 0.606. The van der Waals surface area contributed by atoms with Gasteiger partial charge in [-0.3, -0.25) is 4.90 Å². The van der Waals surface area contributed by atoms with Gasteiger partial charge in [-0.05, 0) is 63.8 Å². The molecule has 0 aromatic carbocycles. The van der Waals surface area contributed by atoms with Gasteiger partial charge in [-0.2, -0.15) is 0 Å². The van der Waals surface area contributed by atoms with Crippen molar-refractivity contribution in [1.29, 1.82) is 0 Å². The van der Waals surface area contributed by atoms with Crippen molar-refractivity contribution < 1.29 is 0 Å². The predicted octanol–water partition coefficient (Wildman–Crippen LogP) is 4.43. The molecule has 120 valence electrons. The van der Waals surface area contributed by atoms with Crippen molar-refractivity contribution in [1.82, 2.24) is 4.90 Å². The third kappa shape index (κ3) is 3.76. The van der Waals surface area contributed by atoms with E-state index in [2.05, 4.69) is 46.4 Å². The molecule has 0 aliphatic heterocycles. The first kappa shape index (κ1) is 18.0. The molecule has 2 nitrogen and oxygen atoms in total. The lowest BCUT2D eigenvalue weighted by molar-refractivity contribution is -0.00211. The van der Waals surface area contributed by atoms with Crippen molar-refractivity contribution in [3.8, 4) is 0 Å². The molecule has 0 bridgehead atoms. The molecule has 20 heavy (non-hydrogen) atoms. The average Bonchev–Trinajstić information content (AvgIpc) is 2.44. The summed E-state index contributed by atoms with van der Waals surface area (Å²) in [5.41, 5.74) is 7.02. The zero-order chi connectivity index (χ0) is 15.4. The van der Waals surface area contributed by atoms with Crippen LogP contribution in [0, 0.1) is 11.3 Å². The van der Waals surface area contributed by atoms with Gasteiger partial charge >= 0.3 is 0 Å². The Kier molecular flexibility index (Phi) is 6.53. The van der Waals surface area contributed by atoms with Crippen LogP contribution in [0.2, 0.25) is 0 Å². The standard InChI is InChI=1S/C18H38N2/c1-7-13-20(15(3)4)18(14-19)11-9-16(10-12-18)17(5,6)8-2/h15-16H,7-14,19H2,1-6H3. The Bertz CT molecular complexity index is 275. The van der Waals surface area contributed by atoms with Crippen LogP contribution in [-0.2, 0) is 0 Å². The first-order chi connectivity index (χ1) is 9.33. The van der Waals surface area contributed by atoms with Gasteiger partial charge in [0.25, 0.3) is 0 Å². The first-order valence-corrected chi connectivity index (χ1v) is 8.79. The normalized spacial score (nSPS) is 28.4. The van der Waals surface area contributed by atoms with Gasteiger partial charge in [-0.15, -0.1) is 0 Å². The number of rotatable bonds is 7. The van der Waals surface area contributed by atoms with Gasteiger partial charge in [-0.25, -0.2) is 0 Å². The minimum Gasteiger partial charge on any atom is -0.329 e. The maximum absolute atomic E-state index is 6.25. The van der Waals surface area contributed by atoms with Crippen LogP contribution in [0.15, 0.2) is 0 Å². The van der Waals surface area contributed by atoms with Crippen molar-refractivity contribution in [3.63, 3.8) is 0 Å². The Balaban J connectivity index is 2.79. The van der Waals surface area contributed by atoms with Gasteiger partial charge in [-0.1, -0.05) is 34.1 Å². The second kappa shape index (κ2) is 7.26. The molecule has 0 radical (unpaired) electrons. The highest BCUT2D eigenvalue weighted by atomic mass is 15.2. The zero-order valence-corrected chi connectivity index (χ0v) is 14.8. The average molecular weight is 283 g/mol. The summed E-state index contributed by atoms with van der Waals surface area (Å²) in [4.78, 5) is 2.70. The summed E-state index contributed by atoms with van der Waals surface area (Å²) in [6.07, 6.45) is 7.79. The minimum atomic E-state index is 0.268. The lowest BCUT2D eigenvalue weighted by Crippen LogP contribution is -2.58. The Hall–Kier alpha value is -0.0800. The van der Waals surface area contributed by atoms with Crippen LogP contribution in [0.4, 0.5) is 0 Å². The quantitative estimate of drug-likeness (QED) is 0.748. The van der Waals surface area contributed by atoms with E-state index >= 15 is 0 Å². The SMILES string of the molecule is CCCN(C(C)C)C1(CN)CCC(C(C)(C)CC)CC1. The third-order valence-corrected chi connectivity index (χ3v) is 6.01. The molecule has 1 rings (SSSR count). The van der Waals surface area contributed by atoms with Crippen LogP contribution in [0.5, 0.6) is 0 Å². The topological polar surface area (TPSA) is 29.3 Å². The maximum atomic E-state index is 6.25. The van der Waals surface area contributed by atoms with Gasteiger partial charge in [0.2, 0.25) is 0 Å². The van der Waals surface area contributed by atoms with E-state index < -0.39 is 0 Å². The summed E-state index contributed by atoms with van der Waals surface area (Å²) in [5, 5.41) is 0.